The fourth-order valence-corrected chi connectivity index (χ4v) is 4.55. The highest BCUT2D eigenvalue weighted by Gasteiger charge is 2.31. The Balaban J connectivity index is 2.12. The number of hydrogen-bond acceptors (Lipinski definition) is 6. The van der Waals surface area contributed by atoms with E-state index in [9.17, 15) is 18.0 Å². The number of carbonyl (C=O) groups is 2. The van der Waals surface area contributed by atoms with Crippen LogP contribution in [-0.4, -0.2) is 51.4 Å². The molecular formula is C21H22N2O6S. The molecule has 9 heteroatoms. The quantitative estimate of drug-likeness (QED) is 0.558. The molecule has 3 aromatic rings. The molecule has 0 aliphatic heterocycles. The van der Waals surface area contributed by atoms with E-state index in [1.165, 1.54) is 31.9 Å². The van der Waals surface area contributed by atoms with Crippen molar-refractivity contribution in [2.24, 2.45) is 0 Å². The molecule has 2 aromatic carbocycles. The number of carbonyl (C=O) groups excluding carboxylic acids is 2. The van der Waals surface area contributed by atoms with Crippen LogP contribution in [0.25, 0.3) is 10.9 Å². The molecule has 0 fully saturated rings. The molecule has 0 saturated carbocycles. The molecule has 1 unspecified atom stereocenters. The highest BCUT2D eigenvalue weighted by molar-refractivity contribution is 7.92. The van der Waals surface area contributed by atoms with Crippen LogP contribution in [0.3, 0.4) is 0 Å². The largest absolute Gasteiger partial charge is 0.497 e. The van der Waals surface area contributed by atoms with Crippen molar-refractivity contribution in [1.29, 1.82) is 0 Å². The average molecular weight is 430 g/mol. The van der Waals surface area contributed by atoms with Gasteiger partial charge in [-0.05, 0) is 25.1 Å². The molecule has 1 aromatic heterocycles. The smallest absolute Gasteiger partial charge is 0.340 e. The Morgan fingerprint density at radius 2 is 1.77 bits per heavy atom. The van der Waals surface area contributed by atoms with Gasteiger partial charge in [-0.3, -0.25) is 13.7 Å². The summed E-state index contributed by atoms with van der Waals surface area (Å²) in [6.07, 6.45) is 2.41. The fourth-order valence-electron chi connectivity index (χ4n) is 3.39. The summed E-state index contributed by atoms with van der Waals surface area (Å²) >= 11 is 0. The maximum Gasteiger partial charge on any atom is 0.340 e. The zero-order chi connectivity index (χ0) is 22.1. The molecule has 0 aliphatic rings. The number of ether oxygens (including phenoxy) is 2. The van der Waals surface area contributed by atoms with Crippen LogP contribution in [-0.2, 0) is 14.8 Å². The lowest BCUT2D eigenvalue weighted by molar-refractivity contribution is 0.0603. The van der Waals surface area contributed by atoms with Gasteiger partial charge in [0.1, 0.15) is 11.8 Å². The van der Waals surface area contributed by atoms with Gasteiger partial charge in [-0.1, -0.05) is 24.3 Å². The predicted molar refractivity (Wildman–Crippen MR) is 114 cm³/mol. The van der Waals surface area contributed by atoms with Crippen molar-refractivity contribution < 1.29 is 27.5 Å². The van der Waals surface area contributed by atoms with Gasteiger partial charge < -0.3 is 9.47 Å². The van der Waals surface area contributed by atoms with Gasteiger partial charge in [-0.2, -0.15) is 0 Å². The summed E-state index contributed by atoms with van der Waals surface area (Å²) in [7, 11) is -1.08. The Morgan fingerprint density at radius 3 is 2.40 bits per heavy atom. The highest BCUT2D eigenvalue weighted by Crippen LogP contribution is 2.28. The summed E-state index contributed by atoms with van der Waals surface area (Å²) in [4.78, 5) is 25.5. The first-order valence-electron chi connectivity index (χ1n) is 9.05. The summed E-state index contributed by atoms with van der Waals surface area (Å²) in [6.45, 7) is 1.50. The third kappa shape index (κ3) is 3.88. The van der Waals surface area contributed by atoms with E-state index in [-0.39, 0.29) is 5.56 Å². The van der Waals surface area contributed by atoms with Crippen molar-refractivity contribution >= 4 is 38.5 Å². The number of nitrogens with zero attached hydrogens (tertiary/aromatic N) is 2. The number of aromatic nitrogens is 1. The van der Waals surface area contributed by atoms with Crippen molar-refractivity contribution in [1.82, 2.24) is 4.57 Å². The van der Waals surface area contributed by atoms with Crippen molar-refractivity contribution in [3.8, 4) is 5.75 Å². The number of sulfonamides is 1. The van der Waals surface area contributed by atoms with Crippen LogP contribution >= 0.6 is 0 Å². The number of methoxy groups -OCH3 is 2. The molecule has 8 nitrogen and oxygen atoms in total. The molecule has 0 bridgehead atoms. The zero-order valence-corrected chi connectivity index (χ0v) is 17.8. The molecule has 0 aliphatic carbocycles. The van der Waals surface area contributed by atoms with Gasteiger partial charge in [-0.15, -0.1) is 0 Å². The highest BCUT2D eigenvalue weighted by atomic mass is 32.2. The molecule has 158 valence electrons. The Labute approximate surface area is 174 Å². The van der Waals surface area contributed by atoms with Crippen molar-refractivity contribution in [3.05, 3.63) is 60.3 Å². The third-order valence-corrected chi connectivity index (χ3v) is 5.97. The maximum absolute atomic E-state index is 13.4. The molecule has 1 heterocycles. The summed E-state index contributed by atoms with van der Waals surface area (Å²) in [5, 5.41) is 0.539. The van der Waals surface area contributed by atoms with Crippen LogP contribution in [0.4, 0.5) is 5.69 Å². The van der Waals surface area contributed by atoms with Crippen LogP contribution in [0.2, 0.25) is 0 Å². The Kier molecular flexibility index (Phi) is 5.84. The van der Waals surface area contributed by atoms with Gasteiger partial charge in [0.15, 0.2) is 0 Å². The standard InChI is InChI=1S/C21H22N2O6S/c1-14(23(30(4,26)27)15-8-7-9-16(12-15)28-2)20(24)22-13-18(21(25)29-3)17-10-5-6-11-19(17)22/h5-14H,1-4H3. The van der Waals surface area contributed by atoms with E-state index in [2.05, 4.69) is 0 Å². The average Bonchev–Trinajstić information content (AvgIpc) is 3.11. The zero-order valence-electron chi connectivity index (χ0n) is 17.0. The lowest BCUT2D eigenvalue weighted by atomic mass is 10.2. The first-order valence-corrected chi connectivity index (χ1v) is 10.9. The van der Waals surface area contributed by atoms with E-state index < -0.39 is 27.9 Å². The number of fused-ring (bicyclic) bond motifs is 1. The predicted octanol–water partition coefficient (Wildman–Crippen LogP) is 2.93. The Morgan fingerprint density at radius 1 is 1.07 bits per heavy atom. The van der Waals surface area contributed by atoms with Gasteiger partial charge in [-0.25, -0.2) is 13.2 Å². The molecule has 30 heavy (non-hydrogen) atoms. The van der Waals surface area contributed by atoms with Crippen LogP contribution < -0.4 is 9.04 Å². The van der Waals surface area contributed by atoms with E-state index in [0.29, 0.717) is 22.3 Å². The molecule has 1 atom stereocenters. The number of esters is 1. The van der Waals surface area contributed by atoms with Gasteiger partial charge in [0.05, 0.1) is 37.2 Å². The fraction of sp³-hybridized carbons (Fsp3) is 0.238. The minimum Gasteiger partial charge on any atom is -0.497 e. The SMILES string of the molecule is COC(=O)c1cn(C(=O)C(C)N(c2cccc(OC)c2)S(C)(=O)=O)c2ccccc12. The van der Waals surface area contributed by atoms with Gasteiger partial charge in [0.25, 0.3) is 5.91 Å². The summed E-state index contributed by atoms with van der Waals surface area (Å²) < 4.78 is 37.5. The number of benzene rings is 2. The van der Waals surface area contributed by atoms with Crippen molar-refractivity contribution in [2.75, 3.05) is 24.8 Å². The van der Waals surface area contributed by atoms with E-state index in [1.54, 1.807) is 48.5 Å². The van der Waals surface area contributed by atoms with E-state index in [4.69, 9.17) is 9.47 Å². The van der Waals surface area contributed by atoms with Crippen molar-refractivity contribution in [3.63, 3.8) is 0 Å². The molecule has 0 amide bonds. The van der Waals surface area contributed by atoms with Crippen molar-refractivity contribution in [2.45, 2.75) is 13.0 Å². The minimum absolute atomic E-state index is 0.223. The normalized spacial score (nSPS) is 12.4. The monoisotopic (exact) mass is 430 g/mol. The first kappa shape index (κ1) is 21.4. The second kappa shape index (κ2) is 8.19. The summed E-state index contributed by atoms with van der Waals surface area (Å²) in [6, 6.07) is 12.2. The maximum atomic E-state index is 13.4. The van der Waals surface area contributed by atoms with Crippen LogP contribution in [0.15, 0.2) is 54.7 Å². The third-order valence-electron chi connectivity index (χ3n) is 4.73. The number of anilines is 1. The van der Waals surface area contributed by atoms with Crippen LogP contribution in [0, 0.1) is 0 Å². The van der Waals surface area contributed by atoms with E-state index in [1.807, 2.05) is 0 Å². The van der Waals surface area contributed by atoms with Gasteiger partial charge >= 0.3 is 5.97 Å². The number of rotatable bonds is 6. The summed E-state index contributed by atoms with van der Waals surface area (Å²) in [5.41, 5.74) is 0.997. The number of para-hydroxylation sites is 1. The van der Waals surface area contributed by atoms with Crippen LogP contribution in [0.5, 0.6) is 5.75 Å². The second-order valence-corrected chi connectivity index (χ2v) is 8.56. The molecule has 3 rings (SSSR count). The Bertz CT molecular complexity index is 1220. The van der Waals surface area contributed by atoms with E-state index in [0.717, 1.165) is 10.6 Å². The second-order valence-electron chi connectivity index (χ2n) is 6.70. The van der Waals surface area contributed by atoms with Gasteiger partial charge in [0.2, 0.25) is 10.0 Å². The molecular weight excluding hydrogens is 408 g/mol. The van der Waals surface area contributed by atoms with Crippen LogP contribution in [0.1, 0.15) is 22.1 Å². The lowest BCUT2D eigenvalue weighted by Crippen LogP contribution is -2.44. The first-order chi connectivity index (χ1) is 14.2. The molecule has 0 saturated heterocycles. The number of hydrogen-bond donors (Lipinski definition) is 0. The molecule has 0 radical (unpaired) electrons. The molecule has 0 spiro atoms. The van der Waals surface area contributed by atoms with E-state index >= 15 is 0 Å². The molecule has 0 N–H and O–H groups in total. The summed E-state index contributed by atoms with van der Waals surface area (Å²) in [5.74, 6) is -0.645. The Hall–Kier alpha value is -3.33. The minimum atomic E-state index is -3.81. The van der Waals surface area contributed by atoms with Gasteiger partial charge in [0, 0.05) is 17.6 Å². The lowest BCUT2D eigenvalue weighted by Gasteiger charge is -2.28. The topological polar surface area (TPSA) is 94.9 Å².